The molecule has 2 aromatic carbocycles. The Morgan fingerprint density at radius 2 is 1.52 bits per heavy atom. The van der Waals surface area contributed by atoms with E-state index >= 15 is 0 Å². The van der Waals surface area contributed by atoms with Crippen molar-refractivity contribution in [3.05, 3.63) is 71.8 Å². The fraction of sp³-hybridized carbons (Fsp3) is 0.375. The Balaban J connectivity index is 1.64. The number of ether oxygens (including phenoxy) is 2. The summed E-state index contributed by atoms with van der Waals surface area (Å²) >= 11 is 0. The summed E-state index contributed by atoms with van der Waals surface area (Å²) in [4.78, 5) is 37.5. The van der Waals surface area contributed by atoms with Crippen LogP contribution in [0.25, 0.3) is 0 Å². The molecule has 0 radical (unpaired) electrons. The van der Waals surface area contributed by atoms with Crippen LogP contribution in [0.15, 0.2) is 60.7 Å². The molecule has 2 N–H and O–H groups in total. The summed E-state index contributed by atoms with van der Waals surface area (Å²) in [5.74, 6) is -0.511. The van der Waals surface area contributed by atoms with Crippen LogP contribution < -0.4 is 10.6 Å². The van der Waals surface area contributed by atoms with E-state index < -0.39 is 30.1 Å². The van der Waals surface area contributed by atoms with Gasteiger partial charge in [0.05, 0.1) is 7.11 Å². The molecule has 0 bridgehead atoms. The zero-order valence-corrected chi connectivity index (χ0v) is 17.6. The second-order valence-electron chi connectivity index (χ2n) is 7.71. The molecule has 1 aliphatic carbocycles. The molecule has 0 unspecified atom stereocenters. The Morgan fingerprint density at radius 3 is 2.10 bits per heavy atom. The quantitative estimate of drug-likeness (QED) is 0.572. The molecule has 0 saturated heterocycles. The average Bonchev–Trinajstić information content (AvgIpc) is 3.61. The Bertz CT molecular complexity index is 868. The van der Waals surface area contributed by atoms with E-state index in [1.807, 2.05) is 60.7 Å². The molecule has 7 nitrogen and oxygen atoms in total. The summed E-state index contributed by atoms with van der Waals surface area (Å²) in [5, 5.41) is 5.40. The van der Waals surface area contributed by atoms with Crippen LogP contribution in [0, 0.1) is 5.92 Å². The Hall–Kier alpha value is -3.35. The van der Waals surface area contributed by atoms with Gasteiger partial charge in [-0.05, 0) is 23.5 Å². The Morgan fingerprint density at radius 1 is 0.903 bits per heavy atom. The van der Waals surface area contributed by atoms with Crippen molar-refractivity contribution < 1.29 is 23.9 Å². The van der Waals surface area contributed by atoms with E-state index in [4.69, 9.17) is 9.47 Å². The molecular weight excluding hydrogens is 396 g/mol. The summed E-state index contributed by atoms with van der Waals surface area (Å²) in [6, 6.07) is 17.0. The van der Waals surface area contributed by atoms with Crippen molar-refractivity contribution in [3.63, 3.8) is 0 Å². The zero-order chi connectivity index (χ0) is 22.1. The van der Waals surface area contributed by atoms with Crippen LogP contribution in [0.5, 0.6) is 0 Å². The molecular formula is C24H28N2O5. The van der Waals surface area contributed by atoms with E-state index in [-0.39, 0.29) is 13.0 Å². The van der Waals surface area contributed by atoms with Crippen LogP contribution in [0.3, 0.4) is 0 Å². The number of benzene rings is 2. The maximum absolute atomic E-state index is 13.0. The van der Waals surface area contributed by atoms with Gasteiger partial charge >= 0.3 is 12.1 Å². The third kappa shape index (κ3) is 7.44. The fourth-order valence-corrected chi connectivity index (χ4v) is 3.28. The van der Waals surface area contributed by atoms with Gasteiger partial charge in [0, 0.05) is 6.42 Å². The highest BCUT2D eigenvalue weighted by Gasteiger charge is 2.33. The van der Waals surface area contributed by atoms with Crippen LogP contribution in [-0.4, -0.2) is 37.2 Å². The minimum atomic E-state index is -0.892. The van der Waals surface area contributed by atoms with Crippen LogP contribution in [-0.2, 0) is 32.1 Å². The van der Waals surface area contributed by atoms with Gasteiger partial charge in [0.25, 0.3) is 0 Å². The summed E-state index contributed by atoms with van der Waals surface area (Å²) in [5.41, 5.74) is 1.72. The van der Waals surface area contributed by atoms with Crippen molar-refractivity contribution in [2.45, 2.75) is 44.4 Å². The first-order valence-electron chi connectivity index (χ1n) is 10.4. The smallest absolute Gasteiger partial charge is 0.408 e. The molecule has 164 valence electrons. The number of rotatable bonds is 10. The molecule has 2 amide bonds. The summed E-state index contributed by atoms with van der Waals surface area (Å²) in [6.45, 7) is 0.0960. The predicted octanol–water partition coefficient (Wildman–Crippen LogP) is 2.98. The molecule has 2 atom stereocenters. The first-order valence-corrected chi connectivity index (χ1v) is 10.4. The predicted molar refractivity (Wildman–Crippen MR) is 115 cm³/mol. The molecule has 0 aliphatic heterocycles. The second kappa shape index (κ2) is 11.2. The Labute approximate surface area is 182 Å². The maximum atomic E-state index is 13.0. The topological polar surface area (TPSA) is 93.7 Å². The molecule has 0 spiro atoms. The number of amides is 2. The van der Waals surface area contributed by atoms with Gasteiger partial charge < -0.3 is 20.1 Å². The van der Waals surface area contributed by atoms with Crippen LogP contribution in [0.4, 0.5) is 4.79 Å². The number of methoxy groups -OCH3 is 1. The number of hydrogen-bond donors (Lipinski definition) is 2. The third-order valence-electron chi connectivity index (χ3n) is 5.17. The van der Waals surface area contributed by atoms with Gasteiger partial charge in [0.1, 0.15) is 18.7 Å². The molecule has 7 heteroatoms. The molecule has 31 heavy (non-hydrogen) atoms. The van der Waals surface area contributed by atoms with Gasteiger partial charge in [0.15, 0.2) is 0 Å². The van der Waals surface area contributed by atoms with E-state index in [2.05, 4.69) is 10.6 Å². The average molecular weight is 424 g/mol. The lowest BCUT2D eigenvalue weighted by Crippen LogP contribution is -2.52. The first-order chi connectivity index (χ1) is 15.0. The molecule has 0 aromatic heterocycles. The second-order valence-corrected chi connectivity index (χ2v) is 7.71. The summed E-state index contributed by atoms with van der Waals surface area (Å²) < 4.78 is 10.1. The van der Waals surface area contributed by atoms with Gasteiger partial charge in [-0.15, -0.1) is 0 Å². The Kier molecular flexibility index (Phi) is 8.04. The molecule has 3 rings (SSSR count). The monoisotopic (exact) mass is 424 g/mol. The number of alkyl carbamates (subject to hydrolysis) is 1. The number of nitrogens with one attached hydrogen (secondary N) is 2. The van der Waals surface area contributed by atoms with E-state index in [0.29, 0.717) is 12.3 Å². The molecule has 2 aromatic rings. The lowest BCUT2D eigenvalue weighted by molar-refractivity contribution is -0.145. The molecule has 1 aliphatic rings. The third-order valence-corrected chi connectivity index (χ3v) is 5.17. The standard InChI is InChI=1S/C24H28N2O5/c1-30-23(28)21(15-18-12-13-18)25-22(27)20(14-17-8-4-2-5-9-17)26-24(29)31-16-19-10-6-3-7-11-19/h2-11,18,20-21H,12-16H2,1H3,(H,25,27)(H,26,29)/t20-,21+/m0/s1. The fourth-order valence-electron chi connectivity index (χ4n) is 3.28. The minimum absolute atomic E-state index is 0.0960. The lowest BCUT2D eigenvalue weighted by Gasteiger charge is -2.22. The number of carbonyl (C=O) groups is 3. The lowest BCUT2D eigenvalue weighted by atomic mass is 10.0. The molecule has 0 heterocycles. The van der Waals surface area contributed by atoms with Gasteiger partial charge in [0.2, 0.25) is 5.91 Å². The summed E-state index contributed by atoms with van der Waals surface area (Å²) in [7, 11) is 1.30. The highest BCUT2D eigenvalue weighted by Crippen LogP contribution is 2.33. The van der Waals surface area contributed by atoms with E-state index in [1.165, 1.54) is 7.11 Å². The number of hydrogen-bond acceptors (Lipinski definition) is 5. The van der Waals surface area contributed by atoms with Crippen molar-refractivity contribution in [1.29, 1.82) is 0 Å². The normalized spacial score (nSPS) is 14.7. The number of carbonyl (C=O) groups excluding carboxylic acids is 3. The van der Waals surface area contributed by atoms with E-state index in [9.17, 15) is 14.4 Å². The van der Waals surface area contributed by atoms with Gasteiger partial charge in [-0.1, -0.05) is 73.5 Å². The summed E-state index contributed by atoms with van der Waals surface area (Å²) in [6.07, 6.45) is 2.19. The van der Waals surface area contributed by atoms with Gasteiger partial charge in [-0.2, -0.15) is 0 Å². The highest BCUT2D eigenvalue weighted by molar-refractivity contribution is 5.89. The van der Waals surface area contributed by atoms with Crippen molar-refractivity contribution in [1.82, 2.24) is 10.6 Å². The highest BCUT2D eigenvalue weighted by atomic mass is 16.5. The van der Waals surface area contributed by atoms with Gasteiger partial charge in [-0.3, -0.25) is 4.79 Å². The van der Waals surface area contributed by atoms with Crippen LogP contribution in [0.1, 0.15) is 30.4 Å². The maximum Gasteiger partial charge on any atom is 0.408 e. The molecule has 1 fully saturated rings. The number of esters is 1. The van der Waals surface area contributed by atoms with Crippen LogP contribution >= 0.6 is 0 Å². The van der Waals surface area contributed by atoms with Crippen molar-refractivity contribution in [2.24, 2.45) is 5.92 Å². The van der Waals surface area contributed by atoms with E-state index in [1.54, 1.807) is 0 Å². The SMILES string of the molecule is COC(=O)[C@@H](CC1CC1)NC(=O)[C@H](Cc1ccccc1)NC(=O)OCc1ccccc1. The van der Waals surface area contributed by atoms with Crippen molar-refractivity contribution in [3.8, 4) is 0 Å². The van der Waals surface area contributed by atoms with Crippen LogP contribution in [0.2, 0.25) is 0 Å². The van der Waals surface area contributed by atoms with Crippen molar-refractivity contribution in [2.75, 3.05) is 7.11 Å². The van der Waals surface area contributed by atoms with Crippen molar-refractivity contribution >= 4 is 18.0 Å². The van der Waals surface area contributed by atoms with E-state index in [0.717, 1.165) is 24.0 Å². The minimum Gasteiger partial charge on any atom is -0.467 e. The largest absolute Gasteiger partial charge is 0.467 e. The molecule has 1 saturated carbocycles. The van der Waals surface area contributed by atoms with Gasteiger partial charge in [-0.25, -0.2) is 9.59 Å². The zero-order valence-electron chi connectivity index (χ0n) is 17.6. The first kappa shape index (κ1) is 22.3.